The molecule has 0 radical (unpaired) electrons. The van der Waals surface area contributed by atoms with Gasteiger partial charge in [-0.15, -0.1) is 0 Å². The van der Waals surface area contributed by atoms with E-state index in [2.05, 4.69) is 0 Å². The lowest BCUT2D eigenvalue weighted by molar-refractivity contribution is -0.174. The van der Waals surface area contributed by atoms with Crippen molar-refractivity contribution in [3.8, 4) is 0 Å². The number of H-pyrrole nitrogens is 2. The minimum absolute atomic E-state index is 0.474. The number of aromatic nitrogens is 4. The zero-order valence-corrected chi connectivity index (χ0v) is 20.6. The summed E-state index contributed by atoms with van der Waals surface area (Å²) in [7, 11) is 0. The quantitative estimate of drug-likeness (QED) is 0.153. The summed E-state index contributed by atoms with van der Waals surface area (Å²) in [5.74, 6) is -1.64. The van der Waals surface area contributed by atoms with E-state index in [-0.39, 0.29) is 0 Å². The van der Waals surface area contributed by atoms with Gasteiger partial charge in [0.25, 0.3) is 11.1 Å². The topological polar surface area (TPSA) is 307 Å². The molecule has 0 unspecified atom stereocenters. The molecule has 2 aromatic rings. The van der Waals surface area contributed by atoms with Crippen LogP contribution in [0.5, 0.6) is 0 Å². The molecule has 19 nitrogen and oxygen atoms in total. The molecule has 0 spiro atoms. The molecular formula is C21H28N4O15. The number of aromatic amines is 2. The first-order valence-electron chi connectivity index (χ1n) is 11.5. The summed E-state index contributed by atoms with van der Waals surface area (Å²) in [6, 6.07) is 1.10. The largest absolute Gasteiger partial charge is 0.477 e. The molecule has 2 aliphatic heterocycles. The van der Waals surface area contributed by atoms with Crippen molar-refractivity contribution in [1.29, 1.82) is 0 Å². The van der Waals surface area contributed by atoms with Crippen LogP contribution < -0.4 is 22.5 Å². The fraction of sp³-hybridized carbons (Fsp3) is 0.571. The molecule has 0 aromatic carbocycles. The van der Waals surface area contributed by atoms with Crippen LogP contribution in [0.3, 0.4) is 0 Å². The molecule has 40 heavy (non-hydrogen) atoms. The highest BCUT2D eigenvalue weighted by Gasteiger charge is 2.56. The van der Waals surface area contributed by atoms with Gasteiger partial charge in [0.1, 0.15) is 42.2 Å². The number of carboxylic acids is 1. The van der Waals surface area contributed by atoms with Crippen LogP contribution in [-0.4, -0.2) is 122 Å². The molecule has 4 rings (SSSR count). The number of rotatable bonds is 6. The van der Waals surface area contributed by atoms with E-state index in [0.717, 1.165) is 16.8 Å². The van der Waals surface area contributed by atoms with E-state index in [0.29, 0.717) is 10.8 Å². The number of ether oxygens (including phenoxy) is 2. The van der Waals surface area contributed by atoms with E-state index in [1.54, 1.807) is 4.98 Å². The van der Waals surface area contributed by atoms with Crippen LogP contribution in [0, 0.1) is 0 Å². The van der Waals surface area contributed by atoms with E-state index in [4.69, 9.17) is 24.8 Å². The van der Waals surface area contributed by atoms with E-state index in [1.807, 2.05) is 4.98 Å². The smallest absolute Gasteiger partial charge is 0.342 e. The van der Waals surface area contributed by atoms with Crippen molar-refractivity contribution in [2.24, 2.45) is 0 Å². The number of aromatic carboxylic acids is 1. The number of carboxylic acid groups (broad SMARTS) is 1. The lowest BCUT2D eigenvalue weighted by Gasteiger charge is -2.31. The Labute approximate surface area is 221 Å². The summed E-state index contributed by atoms with van der Waals surface area (Å²) in [5, 5.41) is 75.9. The molecule has 0 amide bonds. The monoisotopic (exact) mass is 576 g/mol. The van der Waals surface area contributed by atoms with Crippen molar-refractivity contribution < 1.29 is 55.1 Å². The number of nitrogens with one attached hydrogen (secondary N) is 2. The fourth-order valence-electron chi connectivity index (χ4n) is 4.41. The van der Waals surface area contributed by atoms with Crippen LogP contribution in [0.1, 0.15) is 17.3 Å². The Morgan fingerprint density at radius 2 is 1.45 bits per heavy atom. The Bertz CT molecular complexity index is 1470. The average molecular weight is 576 g/mol. The zero-order chi connectivity index (χ0) is 30.2. The van der Waals surface area contributed by atoms with E-state index in [9.17, 15) is 49.5 Å². The van der Waals surface area contributed by atoms with Crippen LogP contribution in [-0.2, 0) is 20.9 Å². The van der Waals surface area contributed by atoms with Gasteiger partial charge in [0.15, 0.2) is 5.72 Å². The van der Waals surface area contributed by atoms with Crippen molar-refractivity contribution in [3.05, 3.63) is 65.7 Å². The standard InChI is InChI=1S/C11H14N2O9.C10H14N2O6/c14-2-5-6(16)7(17)11(3-15,22-5)13-1-4(9(19)20)8(18)12-10(13)21;1-10(8(16)7(15)5(4-13)18-10)12-3-2-6(14)11-9(12)17/h1,5-7,14-17H,2-3H2,(H,19,20)(H,12,18,21);2-3,5,7-8,13,15-16H,4H2,1H3,(H,11,14,17)/t5-,6-,7-,11-;5-,7-,8-,10-/m11/s1. The molecule has 2 aromatic heterocycles. The molecule has 2 fully saturated rings. The second kappa shape index (κ2) is 11.5. The van der Waals surface area contributed by atoms with E-state index in [1.165, 1.54) is 6.92 Å². The van der Waals surface area contributed by atoms with E-state index >= 15 is 0 Å². The van der Waals surface area contributed by atoms with Gasteiger partial charge >= 0.3 is 17.3 Å². The van der Waals surface area contributed by atoms with Gasteiger partial charge in [0, 0.05) is 18.5 Å². The number of nitrogens with zero attached hydrogens (tertiary/aromatic N) is 2. The third-order valence-corrected chi connectivity index (χ3v) is 6.63. The number of hydrogen-bond acceptors (Lipinski definition) is 14. The highest BCUT2D eigenvalue weighted by molar-refractivity contribution is 5.86. The maximum atomic E-state index is 11.9. The molecule has 2 aliphatic rings. The Morgan fingerprint density at radius 3 is 1.93 bits per heavy atom. The SMILES string of the molecule is C[C@@]1(n2ccc(=O)[nH]c2=O)O[C@H](CO)[C@@H](O)[C@H]1O.O=C(O)c1cn([C@]2(CO)O[C@H](CO)[C@@H](O)[C@H]2O)c(=O)[nH]c1=O. The first kappa shape index (κ1) is 31.0. The van der Waals surface area contributed by atoms with Gasteiger partial charge in [0.2, 0.25) is 5.72 Å². The van der Waals surface area contributed by atoms with Crippen LogP contribution >= 0.6 is 0 Å². The summed E-state index contributed by atoms with van der Waals surface area (Å²) in [4.78, 5) is 60.6. The minimum atomic E-state index is -2.24. The third-order valence-electron chi connectivity index (χ3n) is 6.63. The molecule has 2 saturated heterocycles. The van der Waals surface area contributed by atoms with Crippen LogP contribution in [0.15, 0.2) is 37.6 Å². The fourth-order valence-corrected chi connectivity index (χ4v) is 4.41. The van der Waals surface area contributed by atoms with Gasteiger partial charge < -0.3 is 50.3 Å². The van der Waals surface area contributed by atoms with Crippen molar-refractivity contribution in [3.63, 3.8) is 0 Å². The van der Waals surface area contributed by atoms with Gasteiger partial charge in [-0.25, -0.2) is 14.4 Å². The molecule has 0 aliphatic carbocycles. The first-order chi connectivity index (χ1) is 18.7. The summed E-state index contributed by atoms with van der Waals surface area (Å²) >= 11 is 0. The summed E-state index contributed by atoms with van der Waals surface area (Å²) in [6.45, 7) is -0.848. The van der Waals surface area contributed by atoms with Crippen molar-refractivity contribution in [2.45, 2.75) is 55.0 Å². The molecule has 4 heterocycles. The summed E-state index contributed by atoms with van der Waals surface area (Å²) in [6.07, 6.45) is -6.76. The summed E-state index contributed by atoms with van der Waals surface area (Å²) < 4.78 is 11.9. The predicted molar refractivity (Wildman–Crippen MR) is 126 cm³/mol. The van der Waals surface area contributed by atoms with Crippen LogP contribution in [0.2, 0.25) is 0 Å². The lowest BCUT2D eigenvalue weighted by Crippen LogP contribution is -2.54. The zero-order valence-electron chi connectivity index (χ0n) is 20.6. The maximum Gasteiger partial charge on any atom is 0.342 e. The Hall–Kier alpha value is -3.53. The van der Waals surface area contributed by atoms with Crippen molar-refractivity contribution >= 4 is 5.97 Å². The Morgan fingerprint density at radius 1 is 0.900 bits per heavy atom. The van der Waals surface area contributed by atoms with Gasteiger partial charge in [-0.2, -0.15) is 0 Å². The Kier molecular flexibility index (Phi) is 8.93. The van der Waals surface area contributed by atoms with Crippen LogP contribution in [0.4, 0.5) is 0 Å². The number of aliphatic hydroxyl groups excluding tert-OH is 7. The number of aliphatic hydroxyl groups is 7. The highest BCUT2D eigenvalue weighted by atomic mass is 16.6. The first-order valence-corrected chi connectivity index (χ1v) is 11.5. The Balaban J connectivity index is 0.000000225. The maximum absolute atomic E-state index is 11.9. The summed E-state index contributed by atoms with van der Waals surface area (Å²) in [5.41, 5.74) is -8.29. The highest BCUT2D eigenvalue weighted by Crippen LogP contribution is 2.35. The van der Waals surface area contributed by atoms with Gasteiger partial charge in [-0.05, 0) is 6.92 Å². The molecule has 19 heteroatoms. The molecule has 222 valence electrons. The number of carbonyl (C=O) groups is 1. The van der Waals surface area contributed by atoms with Gasteiger partial charge in [0.05, 0.1) is 19.8 Å². The van der Waals surface area contributed by atoms with Gasteiger partial charge in [-0.3, -0.25) is 28.7 Å². The van der Waals surface area contributed by atoms with Crippen LogP contribution in [0.25, 0.3) is 0 Å². The van der Waals surface area contributed by atoms with Crippen molar-refractivity contribution in [2.75, 3.05) is 19.8 Å². The molecule has 0 saturated carbocycles. The second-order valence-corrected chi connectivity index (χ2v) is 9.06. The normalized spacial score (nSPS) is 33.4. The molecule has 8 atom stereocenters. The molecule has 10 N–H and O–H groups in total. The second-order valence-electron chi connectivity index (χ2n) is 9.06. The average Bonchev–Trinajstić information content (AvgIpc) is 3.29. The van der Waals surface area contributed by atoms with Crippen molar-refractivity contribution in [1.82, 2.24) is 19.1 Å². The number of hydrogen-bond donors (Lipinski definition) is 10. The molecular weight excluding hydrogens is 548 g/mol. The third kappa shape index (κ3) is 5.16. The minimum Gasteiger partial charge on any atom is -0.477 e. The predicted octanol–water partition coefficient (Wildman–Crippen LogP) is -6.68. The van der Waals surface area contributed by atoms with Gasteiger partial charge in [-0.1, -0.05) is 0 Å². The lowest BCUT2D eigenvalue weighted by atomic mass is 10.0. The molecule has 0 bridgehead atoms. The van der Waals surface area contributed by atoms with E-state index < -0.39 is 102 Å².